The number of hydrogen-bond donors (Lipinski definition) is 3. The number of amides is 2. The Bertz CT molecular complexity index is 1020. The van der Waals surface area contributed by atoms with Gasteiger partial charge in [0.25, 0.3) is 0 Å². The van der Waals surface area contributed by atoms with Crippen LogP contribution in [0.1, 0.15) is 53.5 Å². The Morgan fingerprint density at radius 1 is 1.32 bits per heavy atom. The number of nitrogens with one attached hydrogen (secondary N) is 1. The van der Waals surface area contributed by atoms with Crippen LogP contribution >= 0.6 is 24.0 Å². The predicted octanol–water partition coefficient (Wildman–Crippen LogP) is 4.95. The number of likely N-dealkylation sites (tertiary alicyclic amines) is 1. The number of nitrogens with two attached hydrogens (primary N) is 1. The van der Waals surface area contributed by atoms with Crippen LogP contribution in [-0.2, 0) is 9.59 Å². The second kappa shape index (κ2) is 12.5. The highest BCUT2D eigenvalue weighted by Crippen LogP contribution is 2.33. The van der Waals surface area contributed by atoms with E-state index in [0.717, 1.165) is 23.1 Å². The number of fused-ring (bicyclic) bond motifs is 1. The maximum absolute atomic E-state index is 13.3. The zero-order valence-electron chi connectivity index (χ0n) is 21.0. The van der Waals surface area contributed by atoms with Crippen molar-refractivity contribution in [3.63, 3.8) is 0 Å². The summed E-state index contributed by atoms with van der Waals surface area (Å²) >= 11 is 6.07. The first-order chi connectivity index (χ1) is 16.0. The first kappa shape index (κ1) is 28.1. The lowest BCUT2D eigenvalue weighted by atomic mass is 9.85. The van der Waals surface area contributed by atoms with Crippen LogP contribution in [0.5, 0.6) is 0 Å². The second-order valence-electron chi connectivity index (χ2n) is 10.1. The van der Waals surface area contributed by atoms with Crippen molar-refractivity contribution in [2.75, 3.05) is 6.54 Å². The van der Waals surface area contributed by atoms with Crippen molar-refractivity contribution in [1.82, 2.24) is 10.2 Å². The molecule has 6 nitrogen and oxygen atoms in total. The van der Waals surface area contributed by atoms with Gasteiger partial charge in [0.15, 0.2) is 0 Å². The van der Waals surface area contributed by atoms with Gasteiger partial charge >= 0.3 is 0 Å². The average molecular weight is 503 g/mol. The molecule has 1 aromatic heterocycles. The lowest BCUT2D eigenvalue weighted by Gasteiger charge is -2.34. The molecule has 2 amide bonds. The summed E-state index contributed by atoms with van der Waals surface area (Å²) in [6.45, 7) is 12.5. The fourth-order valence-corrected chi connectivity index (χ4v) is 5.05. The number of thiophene rings is 1. The number of thiol groups is 1. The zero-order chi connectivity index (χ0) is 25.5. The number of carbonyl (C=O) groups is 2. The first-order valence-corrected chi connectivity index (χ1v) is 13.0. The van der Waals surface area contributed by atoms with Gasteiger partial charge in [-0.05, 0) is 35.3 Å². The number of nitrogens with zero attached hydrogens (tertiary/aromatic N) is 2. The van der Waals surface area contributed by atoms with Crippen LogP contribution in [0.3, 0.4) is 0 Å². The third kappa shape index (κ3) is 7.17. The molecule has 3 N–H and O–H groups in total. The van der Waals surface area contributed by atoms with E-state index in [1.165, 1.54) is 4.70 Å². The van der Waals surface area contributed by atoms with Crippen LogP contribution in [-0.4, -0.2) is 48.1 Å². The number of hydrogen-bond acceptors (Lipinski definition) is 6. The normalized spacial score (nSPS) is 19.9. The molecule has 2 heterocycles. The lowest BCUT2D eigenvalue weighted by Crippen LogP contribution is -2.54. The summed E-state index contributed by atoms with van der Waals surface area (Å²) in [5, 5.41) is 7.67. The van der Waals surface area contributed by atoms with Crippen molar-refractivity contribution in [2.45, 2.75) is 66.1 Å². The van der Waals surface area contributed by atoms with E-state index in [1.807, 2.05) is 57.9 Å². The van der Waals surface area contributed by atoms with Gasteiger partial charge in [-0.2, -0.15) is 0 Å². The predicted molar refractivity (Wildman–Crippen MR) is 148 cm³/mol. The number of carbonyl (C=O) groups excluding carboxylic acids is 2. The molecule has 1 fully saturated rings. The fraction of sp³-hybridized carbons (Fsp3) is 0.500. The van der Waals surface area contributed by atoms with Crippen LogP contribution in [0, 0.1) is 11.3 Å². The largest absolute Gasteiger partial charge is 0.346 e. The molecule has 1 saturated heterocycles. The summed E-state index contributed by atoms with van der Waals surface area (Å²) < 4.78 is 1.20. The molecule has 0 radical (unpaired) electrons. The highest BCUT2D eigenvalue weighted by molar-refractivity contribution is 7.83. The maximum atomic E-state index is 13.3. The molecule has 1 aliphatic rings. The number of benzene rings is 1. The summed E-state index contributed by atoms with van der Waals surface area (Å²) in [6.07, 6.45) is 3.38. The van der Waals surface area contributed by atoms with Crippen LogP contribution in [0.15, 0.2) is 40.0 Å². The molecule has 1 aliphatic heterocycles. The Morgan fingerprint density at radius 3 is 2.56 bits per heavy atom. The van der Waals surface area contributed by atoms with E-state index in [9.17, 15) is 9.59 Å². The minimum atomic E-state index is -0.572. The molecule has 0 spiro atoms. The SMILES string of the molecule is CC(C)N.C[C@H]1CCN(C(=O)C(NC=O)C(C)(C)C)[C@@H]1C=N/C(=C\S)c1csc2ccccc12. The minimum Gasteiger partial charge on any atom is -0.346 e. The van der Waals surface area contributed by atoms with Gasteiger partial charge in [0.05, 0.1) is 11.7 Å². The van der Waals surface area contributed by atoms with Crippen molar-refractivity contribution >= 4 is 58.3 Å². The summed E-state index contributed by atoms with van der Waals surface area (Å²) in [7, 11) is 0. The fourth-order valence-electron chi connectivity index (χ4n) is 3.89. The van der Waals surface area contributed by atoms with Crippen molar-refractivity contribution in [1.29, 1.82) is 0 Å². The van der Waals surface area contributed by atoms with Gasteiger partial charge in [0, 0.05) is 33.8 Å². The summed E-state index contributed by atoms with van der Waals surface area (Å²) in [5.41, 5.74) is 6.55. The summed E-state index contributed by atoms with van der Waals surface area (Å²) in [6, 6.07) is 7.86. The van der Waals surface area contributed by atoms with E-state index >= 15 is 0 Å². The smallest absolute Gasteiger partial charge is 0.246 e. The molecule has 1 aromatic carbocycles. The van der Waals surface area contributed by atoms with Gasteiger partial charge in [-0.25, -0.2) is 0 Å². The molecular weight excluding hydrogens is 464 g/mol. The molecule has 186 valence electrons. The highest BCUT2D eigenvalue weighted by atomic mass is 32.1. The van der Waals surface area contributed by atoms with Crippen molar-refractivity contribution in [2.24, 2.45) is 22.1 Å². The monoisotopic (exact) mass is 502 g/mol. The van der Waals surface area contributed by atoms with Gasteiger partial charge in [0.2, 0.25) is 12.3 Å². The Balaban J connectivity index is 0.000000945. The standard InChI is InChI=1S/C23H29N3O2S2.C3H9N/c1-15-9-10-26(22(28)21(25-14-27)23(2,3)4)19(15)11-24-18(12-29)17-13-30-20-8-6-5-7-16(17)20;1-3(2)4/h5-8,11-15,19,21,29H,9-10H2,1-4H3,(H,25,27);3H,4H2,1-2H3/b18-12-,24-11?;/t15-,19+,21?;/m0./s1. The van der Waals surface area contributed by atoms with E-state index in [-0.39, 0.29) is 23.3 Å². The summed E-state index contributed by atoms with van der Waals surface area (Å²) in [4.78, 5) is 31.0. The minimum absolute atomic E-state index is 0.0622. The van der Waals surface area contributed by atoms with E-state index in [4.69, 9.17) is 10.7 Å². The molecular formula is C26H38N4O2S2. The zero-order valence-corrected chi connectivity index (χ0v) is 22.7. The number of rotatable bonds is 6. The van der Waals surface area contributed by atoms with E-state index < -0.39 is 6.04 Å². The van der Waals surface area contributed by atoms with Crippen molar-refractivity contribution in [3.8, 4) is 0 Å². The molecule has 8 heteroatoms. The van der Waals surface area contributed by atoms with Crippen molar-refractivity contribution in [3.05, 3.63) is 40.6 Å². The second-order valence-corrected chi connectivity index (χ2v) is 11.2. The van der Waals surface area contributed by atoms with Gasteiger partial charge < -0.3 is 16.0 Å². The molecule has 0 aliphatic carbocycles. The number of aliphatic imine (C=N–C) groups is 1. The molecule has 1 unspecified atom stereocenters. The van der Waals surface area contributed by atoms with Gasteiger partial charge in [-0.3, -0.25) is 14.6 Å². The topological polar surface area (TPSA) is 87.8 Å². The third-order valence-electron chi connectivity index (χ3n) is 5.64. The van der Waals surface area contributed by atoms with Gasteiger partial charge in [-0.15, -0.1) is 24.0 Å². The highest BCUT2D eigenvalue weighted by Gasteiger charge is 2.40. The molecule has 0 bridgehead atoms. The van der Waals surface area contributed by atoms with Crippen LogP contribution in [0.25, 0.3) is 15.8 Å². The quantitative estimate of drug-likeness (QED) is 0.297. The molecule has 34 heavy (non-hydrogen) atoms. The third-order valence-corrected chi connectivity index (χ3v) is 6.85. The van der Waals surface area contributed by atoms with Crippen molar-refractivity contribution < 1.29 is 9.59 Å². The Labute approximate surface area is 213 Å². The van der Waals surface area contributed by atoms with E-state index in [2.05, 4.69) is 42.4 Å². The Hall–Kier alpha value is -2.16. The summed E-state index contributed by atoms with van der Waals surface area (Å²) in [5.74, 6) is 0.225. The lowest BCUT2D eigenvalue weighted by molar-refractivity contribution is -0.137. The van der Waals surface area contributed by atoms with Gasteiger partial charge in [-0.1, -0.05) is 59.7 Å². The maximum Gasteiger partial charge on any atom is 0.246 e. The van der Waals surface area contributed by atoms with E-state index in [1.54, 1.807) is 16.7 Å². The van der Waals surface area contributed by atoms with Crippen LogP contribution in [0.2, 0.25) is 0 Å². The molecule has 3 rings (SSSR count). The molecule has 3 atom stereocenters. The molecule has 2 aromatic rings. The van der Waals surface area contributed by atoms with Gasteiger partial charge in [0.1, 0.15) is 6.04 Å². The van der Waals surface area contributed by atoms with Crippen LogP contribution in [0.4, 0.5) is 0 Å². The Morgan fingerprint density at radius 2 is 1.97 bits per heavy atom. The van der Waals surface area contributed by atoms with Crippen LogP contribution < -0.4 is 11.1 Å². The first-order valence-electron chi connectivity index (χ1n) is 11.6. The Kier molecular flexibility index (Phi) is 10.3. The average Bonchev–Trinajstić information content (AvgIpc) is 3.35. The van der Waals surface area contributed by atoms with E-state index in [0.29, 0.717) is 19.0 Å². The molecule has 0 saturated carbocycles.